The van der Waals surface area contributed by atoms with Crippen molar-refractivity contribution in [3.8, 4) is 0 Å². The molecule has 0 aliphatic carbocycles. The quantitative estimate of drug-likeness (QED) is 0.273. The number of hydrogen-bond acceptors (Lipinski definition) is 4. The summed E-state index contributed by atoms with van der Waals surface area (Å²) in [5.74, 6) is 0. The minimum atomic E-state index is -0.289. The van der Waals surface area contributed by atoms with Crippen LogP contribution in [0, 0.1) is 5.21 Å². The summed E-state index contributed by atoms with van der Waals surface area (Å²) in [6, 6.07) is 3.66. The first-order valence-corrected chi connectivity index (χ1v) is 6.86. The number of pyridine rings is 1. The largest absolute Gasteiger partial charge is 0.623 e. The van der Waals surface area contributed by atoms with Crippen LogP contribution >= 0.6 is 24.0 Å². The number of aromatic nitrogens is 1. The van der Waals surface area contributed by atoms with Gasteiger partial charge < -0.3 is 10.1 Å². The summed E-state index contributed by atoms with van der Waals surface area (Å²) in [5, 5.41) is 12.0. The van der Waals surface area contributed by atoms with E-state index in [4.69, 9.17) is 12.2 Å². The van der Waals surface area contributed by atoms with Crippen molar-refractivity contribution in [1.82, 2.24) is 9.88 Å². The summed E-state index contributed by atoms with van der Waals surface area (Å²) in [4.78, 5) is 5.96. The number of likely N-dealkylation sites (N-methyl/N-ethyl adjacent to an activating group) is 1. The van der Waals surface area contributed by atoms with Crippen LogP contribution in [0.3, 0.4) is 0 Å². The highest BCUT2D eigenvalue weighted by Crippen LogP contribution is 2.38. The van der Waals surface area contributed by atoms with E-state index in [0.29, 0.717) is 0 Å². The standard InChI is InChI=1S/C12H15N3OS2/c1-12(2)10(18-11(17)14(12)3)15(16)8-9-5-4-6-13-7-9/h4-8,10H,1-3H3. The van der Waals surface area contributed by atoms with E-state index in [1.807, 2.05) is 37.9 Å². The maximum Gasteiger partial charge on any atom is 0.238 e. The lowest BCUT2D eigenvalue weighted by Gasteiger charge is -2.30. The highest BCUT2D eigenvalue weighted by Gasteiger charge is 2.48. The molecule has 4 nitrogen and oxygen atoms in total. The van der Waals surface area contributed by atoms with E-state index < -0.39 is 0 Å². The summed E-state index contributed by atoms with van der Waals surface area (Å²) in [6.07, 6.45) is 4.91. The van der Waals surface area contributed by atoms with Crippen LogP contribution in [-0.2, 0) is 0 Å². The van der Waals surface area contributed by atoms with E-state index >= 15 is 0 Å². The van der Waals surface area contributed by atoms with Gasteiger partial charge in [-0.15, -0.1) is 0 Å². The van der Waals surface area contributed by atoms with E-state index in [-0.39, 0.29) is 10.9 Å². The lowest BCUT2D eigenvalue weighted by atomic mass is 10.0. The Kier molecular flexibility index (Phi) is 3.59. The molecule has 2 heterocycles. The molecule has 0 saturated carbocycles. The normalized spacial score (nSPS) is 23.5. The Morgan fingerprint density at radius 2 is 2.33 bits per heavy atom. The van der Waals surface area contributed by atoms with E-state index in [1.54, 1.807) is 18.6 Å². The molecule has 96 valence electrons. The maximum absolute atomic E-state index is 12.2. The van der Waals surface area contributed by atoms with Crippen LogP contribution < -0.4 is 0 Å². The molecule has 0 amide bonds. The third kappa shape index (κ3) is 2.35. The average Bonchev–Trinajstić information content (AvgIpc) is 2.54. The second-order valence-electron chi connectivity index (χ2n) is 4.72. The molecule has 0 aromatic carbocycles. The first kappa shape index (κ1) is 13.3. The number of hydroxylamine groups is 1. The molecule has 0 N–H and O–H groups in total. The van der Waals surface area contributed by atoms with Crippen LogP contribution in [0.15, 0.2) is 24.5 Å². The van der Waals surface area contributed by atoms with Gasteiger partial charge in [0.2, 0.25) is 5.37 Å². The van der Waals surface area contributed by atoms with Gasteiger partial charge in [0.1, 0.15) is 9.86 Å². The zero-order chi connectivity index (χ0) is 13.3. The SMILES string of the molecule is CN1C(=S)SC([N+]([O-])=Cc2cccnc2)C1(C)C. The lowest BCUT2D eigenvalue weighted by Crippen LogP contribution is -2.47. The van der Waals surface area contributed by atoms with E-state index in [9.17, 15) is 5.21 Å². The first-order chi connectivity index (χ1) is 8.43. The van der Waals surface area contributed by atoms with Crippen molar-refractivity contribution >= 4 is 34.5 Å². The highest BCUT2D eigenvalue weighted by molar-refractivity contribution is 8.23. The van der Waals surface area contributed by atoms with Crippen LogP contribution in [0.4, 0.5) is 0 Å². The van der Waals surface area contributed by atoms with Gasteiger partial charge in [-0.1, -0.05) is 12.2 Å². The topological polar surface area (TPSA) is 42.2 Å². The minimum absolute atomic E-state index is 0.241. The average molecular weight is 281 g/mol. The fourth-order valence-electron chi connectivity index (χ4n) is 1.75. The van der Waals surface area contributed by atoms with Crippen LogP contribution in [0.5, 0.6) is 0 Å². The Morgan fingerprint density at radius 3 is 2.83 bits per heavy atom. The summed E-state index contributed by atoms with van der Waals surface area (Å²) < 4.78 is 1.72. The molecule has 0 radical (unpaired) electrons. The highest BCUT2D eigenvalue weighted by atomic mass is 32.2. The molecule has 6 heteroatoms. The summed E-state index contributed by atoms with van der Waals surface area (Å²) in [6.45, 7) is 4.04. The van der Waals surface area contributed by atoms with Gasteiger partial charge in [-0.25, -0.2) is 0 Å². The van der Waals surface area contributed by atoms with Crippen molar-refractivity contribution < 1.29 is 4.74 Å². The summed E-state index contributed by atoms with van der Waals surface area (Å²) in [5.41, 5.74) is 0.506. The van der Waals surface area contributed by atoms with Gasteiger partial charge in [-0.3, -0.25) is 4.98 Å². The molecule has 0 spiro atoms. The van der Waals surface area contributed by atoms with Crippen LogP contribution in [-0.4, -0.2) is 43.1 Å². The molecule has 1 aromatic rings. The van der Waals surface area contributed by atoms with Gasteiger partial charge in [0.25, 0.3) is 0 Å². The van der Waals surface area contributed by atoms with Crippen LogP contribution in [0.1, 0.15) is 19.4 Å². The second-order valence-corrected chi connectivity index (χ2v) is 6.44. The van der Waals surface area contributed by atoms with Crippen LogP contribution in [0.25, 0.3) is 0 Å². The van der Waals surface area contributed by atoms with Crippen molar-refractivity contribution in [2.75, 3.05) is 7.05 Å². The molecule has 1 saturated heterocycles. The molecule has 1 aliphatic heterocycles. The third-order valence-corrected chi connectivity index (χ3v) is 5.19. The van der Waals surface area contributed by atoms with Gasteiger partial charge in [0, 0.05) is 19.4 Å². The van der Waals surface area contributed by atoms with Gasteiger partial charge in [-0.2, -0.15) is 4.74 Å². The van der Waals surface area contributed by atoms with Gasteiger partial charge in [-0.05, 0) is 37.7 Å². The van der Waals surface area contributed by atoms with Crippen molar-refractivity contribution in [3.63, 3.8) is 0 Å². The second kappa shape index (κ2) is 4.85. The monoisotopic (exact) mass is 281 g/mol. The molecule has 18 heavy (non-hydrogen) atoms. The molecular weight excluding hydrogens is 266 g/mol. The summed E-state index contributed by atoms with van der Waals surface area (Å²) in [7, 11) is 1.92. The zero-order valence-electron chi connectivity index (χ0n) is 10.5. The minimum Gasteiger partial charge on any atom is -0.623 e. The number of nitrogens with zero attached hydrogens (tertiary/aromatic N) is 3. The van der Waals surface area contributed by atoms with Crippen molar-refractivity contribution in [3.05, 3.63) is 35.3 Å². The van der Waals surface area contributed by atoms with E-state index in [1.165, 1.54) is 11.8 Å². The Bertz CT molecular complexity index is 487. The zero-order valence-corrected chi connectivity index (χ0v) is 12.2. The molecule has 1 atom stereocenters. The van der Waals surface area contributed by atoms with E-state index in [0.717, 1.165) is 14.6 Å². The lowest BCUT2D eigenvalue weighted by molar-refractivity contribution is -0.480. The third-order valence-electron chi connectivity index (χ3n) is 3.15. The number of rotatable bonds is 2. The maximum atomic E-state index is 12.2. The first-order valence-electron chi connectivity index (χ1n) is 5.58. The molecule has 1 fully saturated rings. The molecule has 1 unspecified atom stereocenters. The van der Waals surface area contributed by atoms with Crippen molar-refractivity contribution in [2.45, 2.75) is 24.8 Å². The molecule has 1 aromatic heterocycles. The molecule has 0 bridgehead atoms. The number of hydrogen-bond donors (Lipinski definition) is 0. The van der Waals surface area contributed by atoms with Crippen molar-refractivity contribution in [2.24, 2.45) is 0 Å². The predicted molar refractivity (Wildman–Crippen MR) is 78.8 cm³/mol. The van der Waals surface area contributed by atoms with E-state index in [2.05, 4.69) is 4.98 Å². The fraction of sp³-hybridized carbons (Fsp3) is 0.417. The van der Waals surface area contributed by atoms with Crippen LogP contribution in [0.2, 0.25) is 0 Å². The molecular formula is C12H15N3OS2. The predicted octanol–water partition coefficient (Wildman–Crippen LogP) is 2.08. The number of thioether (sulfide) groups is 1. The Balaban J connectivity index is 2.27. The Hall–Kier alpha value is -1.14. The molecule has 2 rings (SSSR count). The van der Waals surface area contributed by atoms with Gasteiger partial charge >= 0.3 is 0 Å². The number of thiocarbonyl (C=S) groups is 1. The van der Waals surface area contributed by atoms with Crippen molar-refractivity contribution in [1.29, 1.82) is 0 Å². The van der Waals surface area contributed by atoms with Gasteiger partial charge in [0.05, 0.1) is 5.56 Å². The Morgan fingerprint density at radius 1 is 1.61 bits per heavy atom. The fourth-order valence-corrected chi connectivity index (χ4v) is 3.45. The smallest absolute Gasteiger partial charge is 0.238 e. The molecule has 1 aliphatic rings. The Labute approximate surface area is 116 Å². The van der Waals surface area contributed by atoms with Gasteiger partial charge in [0.15, 0.2) is 6.21 Å². The summed E-state index contributed by atoms with van der Waals surface area (Å²) >= 11 is 6.68.